The first-order chi connectivity index (χ1) is 7.81. The van der Waals surface area contributed by atoms with Gasteiger partial charge in [0.1, 0.15) is 11.5 Å². The minimum atomic E-state index is 0.0661. The van der Waals surface area contributed by atoms with Crippen molar-refractivity contribution in [1.82, 2.24) is 20.2 Å². The molecule has 0 saturated carbocycles. The van der Waals surface area contributed by atoms with Crippen LogP contribution in [0.4, 0.5) is 0 Å². The van der Waals surface area contributed by atoms with E-state index in [1.54, 1.807) is 6.20 Å². The molecule has 0 bridgehead atoms. The Labute approximate surface area is 95.2 Å². The van der Waals surface area contributed by atoms with Gasteiger partial charge in [0.05, 0.1) is 6.20 Å². The fourth-order valence-corrected chi connectivity index (χ4v) is 1.87. The lowest BCUT2D eigenvalue weighted by Crippen LogP contribution is -2.46. The van der Waals surface area contributed by atoms with Crippen molar-refractivity contribution in [1.29, 1.82) is 0 Å². The maximum atomic E-state index is 12.0. The number of imidazole rings is 1. The van der Waals surface area contributed by atoms with Crippen molar-refractivity contribution >= 4 is 5.91 Å². The Bertz CT molecular complexity index is 355. The molecule has 2 heterocycles. The van der Waals surface area contributed by atoms with Crippen LogP contribution in [0.3, 0.4) is 0 Å². The van der Waals surface area contributed by atoms with Gasteiger partial charge in [-0.3, -0.25) is 4.79 Å². The van der Waals surface area contributed by atoms with Gasteiger partial charge in [-0.25, -0.2) is 4.98 Å². The Balaban J connectivity index is 2.01. The number of H-pyrrole nitrogens is 1. The molecule has 16 heavy (non-hydrogen) atoms. The SMILES string of the molecule is CCCc1ncc(C(=O)N2CCNCC2)[nH]1. The van der Waals surface area contributed by atoms with Crippen molar-refractivity contribution < 1.29 is 4.79 Å². The van der Waals surface area contributed by atoms with Gasteiger partial charge in [-0.1, -0.05) is 6.92 Å². The van der Waals surface area contributed by atoms with E-state index in [4.69, 9.17) is 0 Å². The Morgan fingerprint density at radius 1 is 1.50 bits per heavy atom. The highest BCUT2D eigenvalue weighted by molar-refractivity contribution is 5.92. The van der Waals surface area contributed by atoms with Crippen LogP contribution in [-0.2, 0) is 6.42 Å². The standard InChI is InChI=1S/C11H18N4O/c1-2-3-10-13-8-9(14-10)11(16)15-6-4-12-5-7-15/h8,12H,2-7H2,1H3,(H,13,14). The van der Waals surface area contributed by atoms with Gasteiger partial charge in [0, 0.05) is 32.6 Å². The van der Waals surface area contributed by atoms with Crippen molar-refractivity contribution in [2.45, 2.75) is 19.8 Å². The average molecular weight is 222 g/mol. The van der Waals surface area contributed by atoms with E-state index in [2.05, 4.69) is 22.2 Å². The molecule has 2 N–H and O–H groups in total. The van der Waals surface area contributed by atoms with Crippen LogP contribution in [-0.4, -0.2) is 47.0 Å². The Hall–Kier alpha value is -1.36. The third-order valence-electron chi connectivity index (χ3n) is 2.75. The molecule has 88 valence electrons. The van der Waals surface area contributed by atoms with Gasteiger partial charge >= 0.3 is 0 Å². The normalized spacial score (nSPS) is 16.4. The summed E-state index contributed by atoms with van der Waals surface area (Å²) in [4.78, 5) is 21.2. The molecule has 1 aromatic heterocycles. The molecule has 0 atom stereocenters. The lowest BCUT2D eigenvalue weighted by atomic mass is 10.3. The second-order valence-corrected chi connectivity index (χ2v) is 4.04. The summed E-state index contributed by atoms with van der Waals surface area (Å²) in [6.45, 7) is 5.41. The smallest absolute Gasteiger partial charge is 0.272 e. The number of piperazine rings is 1. The van der Waals surface area contributed by atoms with Crippen molar-refractivity contribution in [3.63, 3.8) is 0 Å². The van der Waals surface area contributed by atoms with Crippen LogP contribution in [0.25, 0.3) is 0 Å². The first-order valence-electron chi connectivity index (χ1n) is 5.85. The van der Waals surface area contributed by atoms with E-state index in [-0.39, 0.29) is 5.91 Å². The quantitative estimate of drug-likeness (QED) is 0.778. The Morgan fingerprint density at radius 2 is 2.25 bits per heavy atom. The van der Waals surface area contributed by atoms with Crippen LogP contribution in [0, 0.1) is 0 Å². The number of amides is 1. The summed E-state index contributed by atoms with van der Waals surface area (Å²) < 4.78 is 0. The monoisotopic (exact) mass is 222 g/mol. The number of aromatic nitrogens is 2. The predicted octanol–water partition coefficient (Wildman–Crippen LogP) is 0.408. The highest BCUT2D eigenvalue weighted by atomic mass is 16.2. The van der Waals surface area contributed by atoms with E-state index in [1.165, 1.54) is 0 Å². The fraction of sp³-hybridized carbons (Fsp3) is 0.636. The molecule has 1 fully saturated rings. The number of nitrogens with zero attached hydrogens (tertiary/aromatic N) is 2. The number of hydrogen-bond acceptors (Lipinski definition) is 3. The summed E-state index contributed by atoms with van der Waals surface area (Å²) in [5, 5.41) is 3.23. The van der Waals surface area contributed by atoms with Crippen LogP contribution >= 0.6 is 0 Å². The zero-order chi connectivity index (χ0) is 11.4. The number of aryl methyl sites for hydroxylation is 1. The molecule has 1 amide bonds. The molecule has 0 unspecified atom stereocenters. The van der Waals surface area contributed by atoms with E-state index >= 15 is 0 Å². The highest BCUT2D eigenvalue weighted by Crippen LogP contribution is 2.05. The first-order valence-corrected chi connectivity index (χ1v) is 5.85. The minimum absolute atomic E-state index is 0.0661. The molecule has 0 aliphatic carbocycles. The molecule has 1 aliphatic rings. The maximum absolute atomic E-state index is 12.0. The largest absolute Gasteiger partial charge is 0.338 e. The molecule has 1 aromatic rings. The second kappa shape index (κ2) is 5.12. The number of nitrogens with one attached hydrogen (secondary N) is 2. The van der Waals surface area contributed by atoms with Crippen LogP contribution < -0.4 is 5.32 Å². The topological polar surface area (TPSA) is 61.0 Å². The van der Waals surface area contributed by atoms with E-state index in [0.29, 0.717) is 5.69 Å². The van der Waals surface area contributed by atoms with Gasteiger partial charge in [0.25, 0.3) is 5.91 Å². The Kier molecular flexibility index (Phi) is 3.56. The van der Waals surface area contributed by atoms with Crippen molar-refractivity contribution in [3.05, 3.63) is 17.7 Å². The fourth-order valence-electron chi connectivity index (χ4n) is 1.87. The number of hydrogen-bond donors (Lipinski definition) is 2. The number of carbonyl (C=O) groups excluding carboxylic acids is 1. The van der Waals surface area contributed by atoms with Gasteiger partial charge < -0.3 is 15.2 Å². The summed E-state index contributed by atoms with van der Waals surface area (Å²) in [5.41, 5.74) is 0.616. The molecule has 5 nitrogen and oxygen atoms in total. The van der Waals surface area contributed by atoms with Crippen molar-refractivity contribution in [2.24, 2.45) is 0 Å². The van der Waals surface area contributed by atoms with Crippen LogP contribution in [0.5, 0.6) is 0 Å². The summed E-state index contributed by atoms with van der Waals surface area (Å²) >= 11 is 0. The molecular weight excluding hydrogens is 204 g/mol. The van der Waals surface area contributed by atoms with Gasteiger partial charge in [0.15, 0.2) is 0 Å². The maximum Gasteiger partial charge on any atom is 0.272 e. The molecule has 0 spiro atoms. The van der Waals surface area contributed by atoms with E-state index in [9.17, 15) is 4.79 Å². The van der Waals surface area contributed by atoms with Crippen molar-refractivity contribution in [2.75, 3.05) is 26.2 Å². The second-order valence-electron chi connectivity index (χ2n) is 4.04. The van der Waals surface area contributed by atoms with E-state index in [0.717, 1.165) is 44.8 Å². The zero-order valence-electron chi connectivity index (χ0n) is 9.62. The lowest BCUT2D eigenvalue weighted by Gasteiger charge is -2.26. The van der Waals surface area contributed by atoms with E-state index in [1.807, 2.05) is 4.90 Å². The van der Waals surface area contributed by atoms with Crippen LogP contribution in [0.2, 0.25) is 0 Å². The average Bonchev–Trinajstić information content (AvgIpc) is 2.78. The van der Waals surface area contributed by atoms with Crippen molar-refractivity contribution in [3.8, 4) is 0 Å². The summed E-state index contributed by atoms with van der Waals surface area (Å²) in [5.74, 6) is 0.970. The molecule has 0 radical (unpaired) electrons. The Morgan fingerprint density at radius 3 is 2.94 bits per heavy atom. The minimum Gasteiger partial charge on any atom is -0.338 e. The molecule has 2 rings (SSSR count). The zero-order valence-corrected chi connectivity index (χ0v) is 9.62. The van der Waals surface area contributed by atoms with E-state index < -0.39 is 0 Å². The third kappa shape index (κ3) is 2.41. The van der Waals surface area contributed by atoms with Crippen LogP contribution in [0.1, 0.15) is 29.7 Å². The number of carbonyl (C=O) groups is 1. The summed E-state index contributed by atoms with van der Waals surface area (Å²) in [7, 11) is 0. The molecule has 1 saturated heterocycles. The predicted molar refractivity (Wildman–Crippen MR) is 61.4 cm³/mol. The van der Waals surface area contributed by atoms with Crippen LogP contribution in [0.15, 0.2) is 6.20 Å². The number of rotatable bonds is 3. The number of aromatic amines is 1. The summed E-state index contributed by atoms with van der Waals surface area (Å²) in [6, 6.07) is 0. The van der Waals surface area contributed by atoms with Gasteiger partial charge in [-0.05, 0) is 6.42 Å². The van der Waals surface area contributed by atoms with Gasteiger partial charge in [-0.15, -0.1) is 0 Å². The highest BCUT2D eigenvalue weighted by Gasteiger charge is 2.19. The molecular formula is C11H18N4O. The summed E-state index contributed by atoms with van der Waals surface area (Å²) in [6.07, 6.45) is 3.58. The molecule has 0 aromatic carbocycles. The van der Waals surface area contributed by atoms with Gasteiger partial charge in [0.2, 0.25) is 0 Å². The molecule has 5 heteroatoms. The first kappa shape index (κ1) is 11.1. The third-order valence-corrected chi connectivity index (χ3v) is 2.75. The molecule has 1 aliphatic heterocycles. The lowest BCUT2D eigenvalue weighted by molar-refractivity contribution is 0.0730. The van der Waals surface area contributed by atoms with Gasteiger partial charge in [-0.2, -0.15) is 0 Å².